The molecule has 0 radical (unpaired) electrons. The number of carbonyl (C=O) groups is 4. The summed E-state index contributed by atoms with van der Waals surface area (Å²) in [6.45, 7) is 15.2. The Balaban J connectivity index is 2.01. The molecule has 0 saturated carbocycles. The number of esters is 4. The summed E-state index contributed by atoms with van der Waals surface area (Å²) in [5.41, 5.74) is 0. The fourth-order valence-electron chi connectivity index (χ4n) is 10.9. The third-order valence-electron chi connectivity index (χ3n) is 15.9. The van der Waals surface area contributed by atoms with Gasteiger partial charge in [-0.05, 0) is 153 Å². The zero-order valence-corrected chi connectivity index (χ0v) is 53.4. The van der Waals surface area contributed by atoms with E-state index in [2.05, 4.69) is 62.2 Å². The van der Waals surface area contributed by atoms with Crippen molar-refractivity contribution in [2.45, 2.75) is 271 Å². The van der Waals surface area contributed by atoms with Crippen LogP contribution < -0.4 is 10.6 Å². The SMILES string of the molecule is CCCCCCCCC(CCCCCC)C(=O)OCCCCCCOC(=O)C(OC(=S)NCCCC1CN(C)C1)C(OC(=S)NCCCC1CN(C)C1)C(=O)OCCCCCCOC(=O)C(CCCCCC)CCCCCCCC. The molecule has 2 N–H and O–H groups in total. The highest BCUT2D eigenvalue weighted by atomic mass is 32.1. The Bertz CT molecular complexity index is 1490. The lowest BCUT2D eigenvalue weighted by Gasteiger charge is -2.36. The molecule has 2 rings (SSSR count). The Morgan fingerprint density at radius 2 is 0.650 bits per heavy atom. The number of thiocarbonyl (C=S) groups is 2. The van der Waals surface area contributed by atoms with Crippen molar-refractivity contribution >= 4 is 58.7 Å². The first-order chi connectivity index (χ1) is 38.9. The first-order valence-electron chi connectivity index (χ1n) is 32.8. The Morgan fingerprint density at radius 3 is 0.950 bits per heavy atom. The molecule has 0 bridgehead atoms. The zero-order chi connectivity index (χ0) is 58.3. The van der Waals surface area contributed by atoms with E-state index in [1.165, 1.54) is 89.9 Å². The minimum Gasteiger partial charge on any atom is -0.465 e. The highest BCUT2D eigenvalue weighted by Crippen LogP contribution is 2.24. The molecule has 80 heavy (non-hydrogen) atoms. The summed E-state index contributed by atoms with van der Waals surface area (Å²) in [5.74, 6) is -0.521. The number of carbonyl (C=O) groups excluding carboxylic acids is 4. The van der Waals surface area contributed by atoms with Crippen molar-refractivity contribution in [2.24, 2.45) is 23.7 Å². The summed E-state index contributed by atoms with van der Waals surface area (Å²) in [4.78, 5) is 59.1. The predicted octanol–water partition coefficient (Wildman–Crippen LogP) is 14.2. The van der Waals surface area contributed by atoms with Gasteiger partial charge in [0.05, 0.1) is 38.3 Å². The van der Waals surface area contributed by atoms with Gasteiger partial charge in [-0.2, -0.15) is 0 Å². The maximum absolute atomic E-state index is 14.1. The van der Waals surface area contributed by atoms with Crippen LogP contribution in [0.2, 0.25) is 0 Å². The number of nitrogens with one attached hydrogen (secondary N) is 2. The summed E-state index contributed by atoms with van der Waals surface area (Å²) < 4.78 is 35.4. The van der Waals surface area contributed by atoms with Gasteiger partial charge in [0.25, 0.3) is 10.3 Å². The molecule has 0 aromatic rings. The van der Waals surface area contributed by atoms with Crippen molar-refractivity contribution < 1.29 is 47.6 Å². The van der Waals surface area contributed by atoms with E-state index in [0.717, 1.165) is 155 Å². The topological polar surface area (TPSA) is 154 Å². The lowest BCUT2D eigenvalue weighted by atomic mass is 9.94. The Hall–Kier alpha value is -2.82. The molecule has 0 aromatic heterocycles. The molecular weight excluding hydrogens is 1050 g/mol. The average Bonchev–Trinajstić information content (AvgIpc) is 3.42. The quantitative estimate of drug-likeness (QED) is 0.0257. The Morgan fingerprint density at radius 1 is 0.388 bits per heavy atom. The van der Waals surface area contributed by atoms with E-state index in [1.54, 1.807) is 0 Å². The van der Waals surface area contributed by atoms with Crippen molar-refractivity contribution in [3.8, 4) is 0 Å². The number of likely N-dealkylation sites (tertiary alicyclic amines) is 2. The summed E-state index contributed by atoms with van der Waals surface area (Å²) in [6, 6.07) is 0. The summed E-state index contributed by atoms with van der Waals surface area (Å²) in [6.07, 6.45) is 33.5. The number of rotatable bonds is 53. The Labute approximate surface area is 498 Å². The van der Waals surface area contributed by atoms with Crippen molar-refractivity contribution in [3.05, 3.63) is 0 Å². The second-order valence-electron chi connectivity index (χ2n) is 23.7. The van der Waals surface area contributed by atoms with E-state index in [0.29, 0.717) is 51.0 Å². The van der Waals surface area contributed by atoms with Gasteiger partial charge in [-0.15, -0.1) is 0 Å². The molecule has 4 unspecified atom stereocenters. The first kappa shape index (κ1) is 73.3. The summed E-state index contributed by atoms with van der Waals surface area (Å²) in [7, 11) is 4.23. The van der Waals surface area contributed by atoms with Gasteiger partial charge < -0.3 is 48.9 Å². The maximum Gasteiger partial charge on any atom is 0.352 e. The minimum atomic E-state index is -1.59. The largest absolute Gasteiger partial charge is 0.465 e. The Kier molecular flexibility index (Phi) is 45.4. The fourth-order valence-corrected chi connectivity index (χ4v) is 11.3. The number of hydrogen-bond acceptors (Lipinski definition) is 14. The molecule has 0 spiro atoms. The van der Waals surface area contributed by atoms with Crippen molar-refractivity contribution in [1.29, 1.82) is 0 Å². The third-order valence-corrected chi connectivity index (χ3v) is 16.4. The molecule has 2 aliphatic heterocycles. The lowest BCUT2D eigenvalue weighted by Crippen LogP contribution is -2.50. The van der Waals surface area contributed by atoms with Crippen LogP contribution >= 0.6 is 24.4 Å². The van der Waals surface area contributed by atoms with Crippen molar-refractivity contribution in [3.63, 3.8) is 0 Å². The predicted molar refractivity (Wildman–Crippen MR) is 333 cm³/mol. The molecule has 2 aliphatic rings. The smallest absolute Gasteiger partial charge is 0.352 e. The molecule has 0 amide bonds. The first-order valence-corrected chi connectivity index (χ1v) is 33.7. The molecule has 0 aliphatic carbocycles. The maximum atomic E-state index is 14.1. The molecule has 0 aromatic carbocycles. The number of unbranched alkanes of at least 4 members (excludes halogenated alkanes) is 22. The van der Waals surface area contributed by atoms with Gasteiger partial charge in [0.2, 0.25) is 12.2 Å². The third kappa shape index (κ3) is 37.4. The monoisotopic (exact) mass is 1170 g/mol. The van der Waals surface area contributed by atoms with Crippen LogP contribution in [0.25, 0.3) is 0 Å². The van der Waals surface area contributed by atoms with E-state index in [1.807, 2.05) is 0 Å². The lowest BCUT2D eigenvalue weighted by molar-refractivity contribution is -0.171. The normalized spacial score (nSPS) is 15.4. The standard InChI is InChI=1S/C64H118N4O10S2/c1-7-11-15-19-21-29-41-55(39-27-17-13-9-3)59(69)73-45-31-23-25-33-47-75-61(71)57(77-63(79)65-43-35-37-53-49-67(5)50-53)58(78-64(80)66-44-36-38-54-51-68(6)52-54)62(72)76-48-34-26-24-32-46-74-60(70)56(40-28-18-14-10-4)42-30-22-20-16-12-8-2/h53-58H,7-52H2,1-6H3,(H,65,79)(H,66,80). The second-order valence-corrected chi connectivity index (χ2v) is 24.4. The molecular formula is C64H118N4O10S2. The highest BCUT2D eigenvalue weighted by molar-refractivity contribution is 7.80. The van der Waals surface area contributed by atoms with Crippen LogP contribution in [0.3, 0.4) is 0 Å². The van der Waals surface area contributed by atoms with Gasteiger partial charge in [0.1, 0.15) is 0 Å². The minimum absolute atomic E-state index is 0.0308. The van der Waals surface area contributed by atoms with Crippen LogP contribution in [-0.2, 0) is 47.6 Å². The van der Waals surface area contributed by atoms with Crippen molar-refractivity contribution in [2.75, 3.05) is 79.8 Å². The van der Waals surface area contributed by atoms with E-state index in [-0.39, 0.29) is 47.3 Å². The van der Waals surface area contributed by atoms with E-state index >= 15 is 0 Å². The zero-order valence-electron chi connectivity index (χ0n) is 51.8. The van der Waals surface area contributed by atoms with Gasteiger partial charge in [0, 0.05) is 39.3 Å². The average molecular weight is 1170 g/mol. The van der Waals surface area contributed by atoms with Gasteiger partial charge >= 0.3 is 23.9 Å². The van der Waals surface area contributed by atoms with Crippen LogP contribution in [-0.4, -0.2) is 136 Å². The second kappa shape index (κ2) is 49.6. The molecule has 2 saturated heterocycles. The van der Waals surface area contributed by atoms with Crippen molar-refractivity contribution in [1.82, 2.24) is 20.4 Å². The molecule has 466 valence electrons. The van der Waals surface area contributed by atoms with Gasteiger partial charge in [-0.25, -0.2) is 9.59 Å². The fraction of sp³-hybridized carbons (Fsp3) is 0.906. The molecule has 2 heterocycles. The van der Waals surface area contributed by atoms with Gasteiger partial charge in [0.15, 0.2) is 0 Å². The molecule has 4 atom stereocenters. The van der Waals surface area contributed by atoms with Gasteiger partial charge in [-0.3, -0.25) is 9.59 Å². The van der Waals surface area contributed by atoms with E-state index < -0.39 is 24.1 Å². The highest BCUT2D eigenvalue weighted by Gasteiger charge is 2.42. The van der Waals surface area contributed by atoms with Crippen LogP contribution in [0.5, 0.6) is 0 Å². The molecule has 14 nitrogen and oxygen atoms in total. The van der Waals surface area contributed by atoms with Gasteiger partial charge in [-0.1, -0.05) is 156 Å². The van der Waals surface area contributed by atoms with E-state index in [9.17, 15) is 19.2 Å². The number of nitrogens with zero attached hydrogens (tertiary/aromatic N) is 2. The molecule has 2 fully saturated rings. The summed E-state index contributed by atoms with van der Waals surface area (Å²) >= 11 is 11.2. The van der Waals surface area contributed by atoms with E-state index in [4.69, 9.17) is 52.9 Å². The van der Waals surface area contributed by atoms with Crippen LogP contribution in [0.15, 0.2) is 0 Å². The van der Waals surface area contributed by atoms with Crippen LogP contribution in [0.4, 0.5) is 0 Å². The van der Waals surface area contributed by atoms with Crippen LogP contribution in [0, 0.1) is 23.7 Å². The number of ether oxygens (including phenoxy) is 6. The molecule has 16 heteroatoms. The number of hydrogen-bond donors (Lipinski definition) is 2. The van der Waals surface area contributed by atoms with Crippen LogP contribution in [0.1, 0.15) is 259 Å². The summed E-state index contributed by atoms with van der Waals surface area (Å²) in [5, 5.41) is 6.16.